The molecule has 6 nitrogen and oxygen atoms in total. The maximum atomic E-state index is 13.3. The van der Waals surface area contributed by atoms with Gasteiger partial charge in [0.15, 0.2) is 0 Å². The molecule has 2 aromatic heterocycles. The molecule has 0 saturated carbocycles. The van der Waals surface area contributed by atoms with Crippen LogP contribution in [0.4, 0.5) is 0 Å². The van der Waals surface area contributed by atoms with Gasteiger partial charge in [0.2, 0.25) is 0 Å². The van der Waals surface area contributed by atoms with E-state index in [4.69, 9.17) is 4.74 Å². The minimum absolute atomic E-state index is 0.114. The van der Waals surface area contributed by atoms with Crippen molar-refractivity contribution in [3.63, 3.8) is 0 Å². The van der Waals surface area contributed by atoms with Crippen molar-refractivity contribution in [2.45, 2.75) is 26.9 Å². The minimum Gasteiger partial charge on any atom is -0.492 e. The fourth-order valence-electron chi connectivity index (χ4n) is 5.07. The number of aryl methyl sites for hydroxylation is 2. The molecule has 1 N–H and O–H groups in total. The van der Waals surface area contributed by atoms with Gasteiger partial charge in [-0.25, -0.2) is 0 Å². The summed E-state index contributed by atoms with van der Waals surface area (Å²) in [5.74, 6) is 1.03. The van der Waals surface area contributed by atoms with Crippen molar-refractivity contribution in [2.24, 2.45) is 0 Å². The summed E-state index contributed by atoms with van der Waals surface area (Å²) in [5, 5.41) is 3.26. The van der Waals surface area contributed by atoms with Gasteiger partial charge >= 0.3 is 0 Å². The highest BCUT2D eigenvalue weighted by Gasteiger charge is 2.24. The quantitative estimate of drug-likeness (QED) is 0.327. The lowest BCUT2D eigenvalue weighted by Crippen LogP contribution is -2.49. The van der Waals surface area contributed by atoms with E-state index in [1.165, 1.54) is 16.0 Å². The normalized spacial score (nSPS) is 14.5. The van der Waals surface area contributed by atoms with Gasteiger partial charge in [0.05, 0.1) is 11.1 Å². The Kier molecular flexibility index (Phi) is 7.93. The second-order valence-corrected chi connectivity index (χ2v) is 11.0. The molecule has 37 heavy (non-hydrogen) atoms. The number of rotatable bonds is 9. The van der Waals surface area contributed by atoms with Crippen LogP contribution < -0.4 is 4.74 Å². The SMILES string of the molecule is Cc1[nH]c2c(C(=O)N3CCN(CCOc4cccc(CN(C)Cc5cccs5)c4)CC3)cccc2c1C. The smallest absolute Gasteiger partial charge is 0.256 e. The molecule has 4 aromatic rings. The summed E-state index contributed by atoms with van der Waals surface area (Å²) in [6, 6.07) is 18.7. The molecule has 1 fully saturated rings. The highest BCUT2D eigenvalue weighted by Crippen LogP contribution is 2.25. The molecule has 2 aromatic carbocycles. The highest BCUT2D eigenvalue weighted by molar-refractivity contribution is 7.09. The number of H-pyrrole nitrogens is 1. The van der Waals surface area contributed by atoms with E-state index in [9.17, 15) is 4.79 Å². The van der Waals surface area contributed by atoms with Crippen LogP contribution >= 0.6 is 11.3 Å². The number of nitrogens with zero attached hydrogens (tertiary/aromatic N) is 3. The summed E-state index contributed by atoms with van der Waals surface area (Å²) in [5.41, 5.74) is 5.32. The summed E-state index contributed by atoms with van der Waals surface area (Å²) in [7, 11) is 2.15. The first-order chi connectivity index (χ1) is 18.0. The molecule has 1 aliphatic rings. The van der Waals surface area contributed by atoms with Crippen LogP contribution in [0.25, 0.3) is 10.9 Å². The van der Waals surface area contributed by atoms with E-state index in [-0.39, 0.29) is 5.91 Å². The third-order valence-corrected chi connectivity index (χ3v) is 8.13. The molecule has 194 valence electrons. The minimum atomic E-state index is 0.114. The zero-order chi connectivity index (χ0) is 25.8. The number of nitrogens with one attached hydrogen (secondary N) is 1. The molecule has 5 rings (SSSR count). The average molecular weight is 517 g/mol. The van der Waals surface area contributed by atoms with Gasteiger partial charge in [0.25, 0.3) is 5.91 Å². The number of aromatic amines is 1. The molecule has 3 heterocycles. The van der Waals surface area contributed by atoms with Crippen molar-refractivity contribution in [3.05, 3.63) is 87.2 Å². The van der Waals surface area contributed by atoms with Crippen molar-refractivity contribution < 1.29 is 9.53 Å². The summed E-state index contributed by atoms with van der Waals surface area (Å²) in [4.78, 5) is 24.8. The summed E-state index contributed by atoms with van der Waals surface area (Å²) >= 11 is 1.80. The van der Waals surface area contributed by atoms with Crippen LogP contribution in [0.15, 0.2) is 60.0 Å². The van der Waals surface area contributed by atoms with Crippen LogP contribution in [0.2, 0.25) is 0 Å². The molecule has 0 radical (unpaired) electrons. The van der Waals surface area contributed by atoms with E-state index in [1.807, 2.05) is 23.1 Å². The molecule has 0 aliphatic carbocycles. The number of amides is 1. The topological polar surface area (TPSA) is 51.8 Å². The number of hydrogen-bond acceptors (Lipinski definition) is 5. The third-order valence-electron chi connectivity index (χ3n) is 7.27. The molecule has 1 saturated heterocycles. The monoisotopic (exact) mass is 516 g/mol. The van der Waals surface area contributed by atoms with Crippen molar-refractivity contribution in [2.75, 3.05) is 46.4 Å². The molecule has 0 atom stereocenters. The van der Waals surface area contributed by atoms with Crippen LogP contribution in [0.3, 0.4) is 0 Å². The number of para-hydroxylation sites is 1. The Morgan fingerprint density at radius 3 is 2.62 bits per heavy atom. The Bertz CT molecular complexity index is 1340. The van der Waals surface area contributed by atoms with Crippen LogP contribution in [0.5, 0.6) is 5.75 Å². The number of carbonyl (C=O) groups excluding carboxylic acids is 1. The zero-order valence-corrected chi connectivity index (χ0v) is 22.8. The summed E-state index contributed by atoms with van der Waals surface area (Å²) in [6.45, 7) is 10.7. The Labute approximate surface area is 223 Å². The predicted octanol–water partition coefficient (Wildman–Crippen LogP) is 5.32. The molecule has 1 aliphatic heterocycles. The molecular weight excluding hydrogens is 480 g/mol. The van der Waals surface area contributed by atoms with Gasteiger partial charge in [-0.2, -0.15) is 0 Å². The first-order valence-corrected chi connectivity index (χ1v) is 13.9. The van der Waals surface area contributed by atoms with Gasteiger partial charge in [0.1, 0.15) is 12.4 Å². The number of ether oxygens (including phenoxy) is 1. The average Bonchev–Trinajstić information content (AvgIpc) is 3.51. The Morgan fingerprint density at radius 1 is 1.03 bits per heavy atom. The van der Waals surface area contributed by atoms with Gasteiger partial charge < -0.3 is 14.6 Å². The number of piperazine rings is 1. The first-order valence-electron chi connectivity index (χ1n) is 13.0. The van der Waals surface area contributed by atoms with Gasteiger partial charge in [-0.05, 0) is 61.7 Å². The Balaban J connectivity index is 1.08. The Morgan fingerprint density at radius 2 is 1.84 bits per heavy atom. The number of fused-ring (bicyclic) bond motifs is 1. The highest BCUT2D eigenvalue weighted by atomic mass is 32.1. The summed E-state index contributed by atoms with van der Waals surface area (Å²) in [6.07, 6.45) is 0. The first kappa shape index (κ1) is 25.5. The zero-order valence-electron chi connectivity index (χ0n) is 22.0. The van der Waals surface area contributed by atoms with Crippen molar-refractivity contribution >= 4 is 28.1 Å². The van der Waals surface area contributed by atoms with Crippen LogP contribution in [-0.2, 0) is 13.1 Å². The third kappa shape index (κ3) is 6.06. The second-order valence-electron chi connectivity index (χ2n) is 9.98. The van der Waals surface area contributed by atoms with Gasteiger partial charge in [0, 0.05) is 61.8 Å². The van der Waals surface area contributed by atoms with E-state index in [0.717, 1.165) is 73.7 Å². The lowest BCUT2D eigenvalue weighted by molar-refractivity contribution is 0.0622. The van der Waals surface area contributed by atoms with Gasteiger partial charge in [-0.15, -0.1) is 11.3 Å². The van der Waals surface area contributed by atoms with Crippen molar-refractivity contribution in [1.82, 2.24) is 19.7 Å². The summed E-state index contributed by atoms with van der Waals surface area (Å²) < 4.78 is 6.10. The Hall–Kier alpha value is -3.13. The van der Waals surface area contributed by atoms with E-state index >= 15 is 0 Å². The van der Waals surface area contributed by atoms with E-state index < -0.39 is 0 Å². The maximum absolute atomic E-state index is 13.3. The van der Waals surface area contributed by atoms with E-state index in [0.29, 0.717) is 6.61 Å². The lowest BCUT2D eigenvalue weighted by Gasteiger charge is -2.34. The van der Waals surface area contributed by atoms with Crippen molar-refractivity contribution in [3.8, 4) is 5.75 Å². The van der Waals surface area contributed by atoms with Gasteiger partial charge in [-0.3, -0.25) is 14.6 Å². The number of thiophene rings is 1. The predicted molar refractivity (Wildman–Crippen MR) is 152 cm³/mol. The lowest BCUT2D eigenvalue weighted by atomic mass is 10.1. The molecule has 7 heteroatoms. The number of aromatic nitrogens is 1. The van der Waals surface area contributed by atoms with E-state index in [1.54, 1.807) is 11.3 Å². The molecular formula is C30H36N4O2S. The van der Waals surface area contributed by atoms with Crippen LogP contribution in [0.1, 0.15) is 32.1 Å². The molecule has 1 amide bonds. The van der Waals surface area contributed by atoms with Crippen LogP contribution in [-0.4, -0.2) is 72.0 Å². The number of hydrogen-bond donors (Lipinski definition) is 1. The molecule has 0 spiro atoms. The number of benzene rings is 2. The molecule has 0 unspecified atom stereocenters. The standard InChI is InChI=1S/C30H36N4O2S/c1-22-23(2)31-29-27(22)10-5-11-28(29)30(35)34-14-12-33(13-15-34)16-17-36-25-8-4-7-24(19-25)20-32(3)21-26-9-6-18-37-26/h4-11,18-19,31H,12-17,20-21H2,1-3H3. The second kappa shape index (κ2) is 11.5. The number of carbonyl (C=O) groups is 1. The van der Waals surface area contributed by atoms with Crippen LogP contribution in [0, 0.1) is 13.8 Å². The maximum Gasteiger partial charge on any atom is 0.256 e. The van der Waals surface area contributed by atoms with Gasteiger partial charge in [-0.1, -0.05) is 30.3 Å². The van der Waals surface area contributed by atoms with E-state index in [2.05, 4.69) is 77.5 Å². The fraction of sp³-hybridized carbons (Fsp3) is 0.367. The van der Waals surface area contributed by atoms with Crippen molar-refractivity contribution in [1.29, 1.82) is 0 Å². The molecule has 0 bridgehead atoms. The fourth-order valence-corrected chi connectivity index (χ4v) is 5.85. The largest absolute Gasteiger partial charge is 0.492 e.